The molecule has 24 heavy (non-hydrogen) atoms. The second kappa shape index (κ2) is 6.29. The predicted molar refractivity (Wildman–Crippen MR) is 82.9 cm³/mol. The van der Waals surface area contributed by atoms with Crippen molar-refractivity contribution in [3.05, 3.63) is 64.7 Å². The lowest BCUT2D eigenvalue weighted by Gasteiger charge is -2.17. The maximum Gasteiger partial charge on any atom is 0.251 e. The van der Waals surface area contributed by atoms with E-state index in [4.69, 9.17) is 0 Å². The van der Waals surface area contributed by atoms with Crippen LogP contribution in [0.25, 0.3) is 0 Å². The number of halogens is 2. The molecule has 1 aliphatic rings. The molecule has 1 heterocycles. The molecule has 0 fully saturated rings. The maximum atomic E-state index is 13.2. The smallest absolute Gasteiger partial charge is 0.251 e. The molecule has 0 saturated heterocycles. The van der Waals surface area contributed by atoms with Crippen LogP contribution >= 0.6 is 0 Å². The Morgan fingerprint density at radius 2 is 1.79 bits per heavy atom. The number of sulfonamides is 1. The van der Waals surface area contributed by atoms with Crippen LogP contribution in [-0.2, 0) is 23.0 Å². The summed E-state index contributed by atoms with van der Waals surface area (Å²) >= 11 is 0. The van der Waals surface area contributed by atoms with Gasteiger partial charge in [-0.05, 0) is 35.7 Å². The quantitative estimate of drug-likeness (QED) is 0.880. The average Bonchev–Trinajstić information content (AvgIpc) is 2.53. The molecule has 8 heteroatoms. The van der Waals surface area contributed by atoms with Crippen molar-refractivity contribution in [2.45, 2.75) is 17.9 Å². The van der Waals surface area contributed by atoms with Crippen LogP contribution < -0.4 is 10.0 Å². The highest BCUT2D eigenvalue weighted by molar-refractivity contribution is 7.89. The van der Waals surface area contributed by atoms with Crippen molar-refractivity contribution in [1.82, 2.24) is 10.0 Å². The summed E-state index contributed by atoms with van der Waals surface area (Å²) in [6.07, 6.45) is 0.718. The Morgan fingerprint density at radius 3 is 2.50 bits per heavy atom. The lowest BCUT2D eigenvalue weighted by molar-refractivity contribution is 0.0946. The third kappa shape index (κ3) is 3.44. The van der Waals surface area contributed by atoms with Crippen molar-refractivity contribution < 1.29 is 22.0 Å². The average molecular weight is 352 g/mol. The van der Waals surface area contributed by atoms with Gasteiger partial charge >= 0.3 is 0 Å². The van der Waals surface area contributed by atoms with E-state index in [1.165, 1.54) is 0 Å². The summed E-state index contributed by atoms with van der Waals surface area (Å²) in [7, 11) is -4.07. The van der Waals surface area contributed by atoms with Crippen LogP contribution in [-0.4, -0.2) is 20.9 Å². The lowest BCUT2D eigenvalue weighted by Crippen LogP contribution is -2.32. The number of nitrogens with one attached hydrogen (secondary N) is 2. The van der Waals surface area contributed by atoms with E-state index in [9.17, 15) is 22.0 Å². The first-order valence-electron chi connectivity index (χ1n) is 7.21. The van der Waals surface area contributed by atoms with Crippen LogP contribution in [0.15, 0.2) is 41.3 Å². The summed E-state index contributed by atoms with van der Waals surface area (Å²) in [6.45, 7) is 0.476. The SMILES string of the molecule is O=C1NCCc2ccc(CNS(=O)(=O)c3cc(F)cc(F)c3)cc21. The fourth-order valence-corrected chi connectivity index (χ4v) is 3.57. The van der Waals surface area contributed by atoms with E-state index >= 15 is 0 Å². The molecule has 3 rings (SSSR count). The van der Waals surface area contributed by atoms with Gasteiger partial charge in [-0.25, -0.2) is 21.9 Å². The fourth-order valence-electron chi connectivity index (χ4n) is 2.51. The predicted octanol–water partition coefficient (Wildman–Crippen LogP) is 1.73. The molecule has 2 N–H and O–H groups in total. The van der Waals surface area contributed by atoms with E-state index in [2.05, 4.69) is 10.0 Å². The van der Waals surface area contributed by atoms with Crippen molar-refractivity contribution in [3.63, 3.8) is 0 Å². The van der Waals surface area contributed by atoms with E-state index in [0.717, 1.165) is 24.1 Å². The van der Waals surface area contributed by atoms with Crippen LogP contribution in [0.1, 0.15) is 21.5 Å². The van der Waals surface area contributed by atoms with Gasteiger partial charge in [-0.3, -0.25) is 4.79 Å². The van der Waals surface area contributed by atoms with Crippen molar-refractivity contribution in [2.75, 3.05) is 6.54 Å². The molecule has 0 saturated carbocycles. The van der Waals surface area contributed by atoms with Gasteiger partial charge in [-0.15, -0.1) is 0 Å². The van der Waals surface area contributed by atoms with E-state index in [1.54, 1.807) is 18.2 Å². The number of carbonyl (C=O) groups is 1. The Morgan fingerprint density at radius 1 is 1.08 bits per heavy atom. The van der Waals surface area contributed by atoms with Gasteiger partial charge in [0.15, 0.2) is 0 Å². The number of rotatable bonds is 4. The molecule has 1 aliphatic heterocycles. The molecule has 5 nitrogen and oxygen atoms in total. The molecule has 0 spiro atoms. The van der Waals surface area contributed by atoms with Crippen LogP contribution in [0.4, 0.5) is 8.78 Å². The minimum Gasteiger partial charge on any atom is -0.352 e. The van der Waals surface area contributed by atoms with Crippen LogP contribution in [0, 0.1) is 11.6 Å². The molecule has 0 radical (unpaired) electrons. The van der Waals surface area contributed by atoms with Gasteiger partial charge in [0.05, 0.1) is 4.90 Å². The Balaban J connectivity index is 1.80. The van der Waals surface area contributed by atoms with E-state index in [-0.39, 0.29) is 12.5 Å². The van der Waals surface area contributed by atoms with Gasteiger partial charge in [0, 0.05) is 24.7 Å². The molecular weight excluding hydrogens is 338 g/mol. The second-order valence-electron chi connectivity index (χ2n) is 5.43. The van der Waals surface area contributed by atoms with Crippen molar-refractivity contribution >= 4 is 15.9 Å². The molecule has 0 unspecified atom stereocenters. The number of benzene rings is 2. The van der Waals surface area contributed by atoms with Gasteiger partial charge in [-0.1, -0.05) is 12.1 Å². The molecule has 0 bridgehead atoms. The molecule has 1 amide bonds. The van der Waals surface area contributed by atoms with Gasteiger partial charge in [0.2, 0.25) is 10.0 Å². The molecular formula is C16H14F2N2O3S. The highest BCUT2D eigenvalue weighted by Gasteiger charge is 2.19. The van der Waals surface area contributed by atoms with E-state index < -0.39 is 26.6 Å². The summed E-state index contributed by atoms with van der Waals surface area (Å²) in [6, 6.07) is 7.18. The maximum absolute atomic E-state index is 13.2. The normalized spacial score (nSPS) is 14.2. The number of carbonyl (C=O) groups excluding carboxylic acids is 1. The minimum atomic E-state index is -4.07. The summed E-state index contributed by atoms with van der Waals surface area (Å²) in [5.74, 6) is -2.14. The summed E-state index contributed by atoms with van der Waals surface area (Å²) in [4.78, 5) is 11.3. The van der Waals surface area contributed by atoms with Crippen LogP contribution in [0.3, 0.4) is 0 Å². The largest absolute Gasteiger partial charge is 0.352 e. The first-order chi connectivity index (χ1) is 11.3. The van der Waals surface area contributed by atoms with Crippen molar-refractivity contribution in [3.8, 4) is 0 Å². The standard InChI is InChI=1S/C16H14F2N2O3S/c17-12-6-13(18)8-14(7-12)24(22,23)20-9-10-1-2-11-3-4-19-16(21)15(11)5-10/h1-2,5-8,20H,3-4,9H2,(H,19,21). The number of hydrogen-bond donors (Lipinski definition) is 2. The molecule has 2 aromatic rings. The summed E-state index contributed by atoms with van der Waals surface area (Å²) in [5, 5.41) is 2.72. The van der Waals surface area contributed by atoms with Gasteiger partial charge < -0.3 is 5.32 Å². The first kappa shape index (κ1) is 16.5. The summed E-state index contributed by atoms with van der Waals surface area (Å²) < 4.78 is 52.9. The molecule has 0 aliphatic carbocycles. The zero-order chi connectivity index (χ0) is 17.3. The Kier molecular flexibility index (Phi) is 4.33. The summed E-state index contributed by atoms with van der Waals surface area (Å²) in [5.41, 5.74) is 1.98. The Labute approximate surface area is 137 Å². The van der Waals surface area contributed by atoms with Crippen molar-refractivity contribution in [1.29, 1.82) is 0 Å². The van der Waals surface area contributed by atoms with Gasteiger partial charge in [0.1, 0.15) is 11.6 Å². The zero-order valence-corrected chi connectivity index (χ0v) is 13.3. The molecule has 126 valence electrons. The van der Waals surface area contributed by atoms with Crippen molar-refractivity contribution in [2.24, 2.45) is 0 Å². The minimum absolute atomic E-state index is 0.0962. The Bertz CT molecular complexity index is 893. The van der Waals surface area contributed by atoms with E-state index in [1.807, 2.05) is 0 Å². The number of fused-ring (bicyclic) bond motifs is 1. The molecule has 2 aromatic carbocycles. The van der Waals surface area contributed by atoms with Crippen LogP contribution in [0.2, 0.25) is 0 Å². The Hall–Kier alpha value is -2.32. The molecule has 0 aromatic heterocycles. The topological polar surface area (TPSA) is 75.3 Å². The zero-order valence-electron chi connectivity index (χ0n) is 12.5. The van der Waals surface area contributed by atoms with Crippen LogP contribution in [0.5, 0.6) is 0 Å². The molecule has 0 atom stereocenters. The second-order valence-corrected chi connectivity index (χ2v) is 7.19. The fraction of sp³-hybridized carbons (Fsp3) is 0.188. The number of amides is 1. The third-order valence-electron chi connectivity index (χ3n) is 3.71. The third-order valence-corrected chi connectivity index (χ3v) is 5.09. The highest BCUT2D eigenvalue weighted by atomic mass is 32.2. The lowest BCUT2D eigenvalue weighted by atomic mass is 9.98. The van der Waals surface area contributed by atoms with E-state index in [0.29, 0.717) is 23.7 Å². The first-order valence-corrected chi connectivity index (χ1v) is 8.69. The monoisotopic (exact) mass is 352 g/mol. The highest BCUT2D eigenvalue weighted by Crippen LogP contribution is 2.17. The van der Waals surface area contributed by atoms with Gasteiger partial charge in [-0.2, -0.15) is 0 Å². The number of hydrogen-bond acceptors (Lipinski definition) is 3. The van der Waals surface area contributed by atoms with Gasteiger partial charge in [0.25, 0.3) is 5.91 Å².